The second-order valence-corrected chi connectivity index (χ2v) is 6.17. The van der Waals surface area contributed by atoms with E-state index in [0.29, 0.717) is 12.2 Å². The number of aromatic nitrogens is 1. The number of nitrogens with one attached hydrogen (secondary N) is 1. The molecule has 0 aliphatic heterocycles. The highest BCUT2D eigenvalue weighted by Crippen LogP contribution is 2.16. The van der Waals surface area contributed by atoms with Gasteiger partial charge in [-0.2, -0.15) is 0 Å². The first-order valence-corrected chi connectivity index (χ1v) is 7.43. The number of carbonyl (C=O) groups excluding carboxylic acids is 1. The number of pyridine rings is 1. The summed E-state index contributed by atoms with van der Waals surface area (Å²) >= 11 is 1.55. The maximum atomic E-state index is 11.6. The molecule has 1 rings (SSSR count). The van der Waals surface area contributed by atoms with Gasteiger partial charge in [0.15, 0.2) is 0 Å². The van der Waals surface area contributed by atoms with Crippen molar-refractivity contribution in [2.75, 3.05) is 12.3 Å². The fraction of sp³-hybridized carbons (Fsp3) is 0.571. The van der Waals surface area contributed by atoms with Crippen molar-refractivity contribution in [2.24, 2.45) is 5.92 Å². The molecule has 4 nitrogen and oxygen atoms in total. The van der Waals surface area contributed by atoms with E-state index < -0.39 is 5.60 Å². The molecule has 1 heterocycles. The smallest absolute Gasteiger partial charge is 0.220 e. The maximum Gasteiger partial charge on any atom is 0.220 e. The maximum absolute atomic E-state index is 11.6. The predicted octanol–water partition coefficient (Wildman–Crippen LogP) is 2.09. The van der Waals surface area contributed by atoms with Crippen LogP contribution < -0.4 is 5.32 Å². The van der Waals surface area contributed by atoms with Gasteiger partial charge >= 0.3 is 0 Å². The van der Waals surface area contributed by atoms with Gasteiger partial charge in [-0.3, -0.25) is 4.79 Å². The Bertz CT molecular complexity index is 394. The van der Waals surface area contributed by atoms with Crippen LogP contribution in [0.15, 0.2) is 29.4 Å². The van der Waals surface area contributed by atoms with E-state index in [2.05, 4.69) is 10.3 Å². The molecule has 5 heteroatoms. The van der Waals surface area contributed by atoms with Crippen molar-refractivity contribution < 1.29 is 9.90 Å². The SMILES string of the molecule is CC(C)[C@@](C)(O)CNC(=O)CCSc1ccccn1. The highest BCUT2D eigenvalue weighted by molar-refractivity contribution is 7.99. The zero-order valence-corrected chi connectivity index (χ0v) is 12.5. The quantitative estimate of drug-likeness (QED) is 0.752. The molecule has 0 saturated heterocycles. The minimum atomic E-state index is -0.857. The van der Waals surface area contributed by atoms with Gasteiger partial charge in [-0.1, -0.05) is 19.9 Å². The van der Waals surface area contributed by atoms with Crippen LogP contribution in [0.25, 0.3) is 0 Å². The zero-order chi connectivity index (χ0) is 14.3. The summed E-state index contributed by atoms with van der Waals surface area (Å²) in [5.74, 6) is 0.757. The Labute approximate surface area is 119 Å². The van der Waals surface area contributed by atoms with Gasteiger partial charge in [0.2, 0.25) is 5.91 Å². The molecule has 0 fully saturated rings. The van der Waals surface area contributed by atoms with Crippen molar-refractivity contribution in [1.82, 2.24) is 10.3 Å². The molecule has 0 aliphatic rings. The summed E-state index contributed by atoms with van der Waals surface area (Å²) < 4.78 is 0. The van der Waals surface area contributed by atoms with Crippen LogP contribution in [0.1, 0.15) is 27.2 Å². The van der Waals surface area contributed by atoms with E-state index in [1.807, 2.05) is 32.0 Å². The van der Waals surface area contributed by atoms with Crippen LogP contribution in [0.3, 0.4) is 0 Å². The zero-order valence-electron chi connectivity index (χ0n) is 11.7. The first kappa shape index (κ1) is 16.0. The standard InChI is InChI=1S/C14H22N2O2S/c1-11(2)14(3,18)10-16-12(17)7-9-19-13-6-4-5-8-15-13/h4-6,8,11,18H,7,9-10H2,1-3H3,(H,16,17)/t14-/m0/s1. The van der Waals surface area contributed by atoms with Crippen molar-refractivity contribution in [3.63, 3.8) is 0 Å². The van der Waals surface area contributed by atoms with E-state index in [0.717, 1.165) is 5.03 Å². The Balaban J connectivity index is 2.22. The van der Waals surface area contributed by atoms with Gasteiger partial charge in [-0.25, -0.2) is 4.98 Å². The van der Waals surface area contributed by atoms with Gasteiger partial charge in [-0.15, -0.1) is 11.8 Å². The molecule has 0 bridgehead atoms. The van der Waals surface area contributed by atoms with Crippen molar-refractivity contribution in [3.05, 3.63) is 24.4 Å². The van der Waals surface area contributed by atoms with Crippen molar-refractivity contribution in [2.45, 2.75) is 37.8 Å². The first-order chi connectivity index (χ1) is 8.92. The monoisotopic (exact) mass is 282 g/mol. The highest BCUT2D eigenvalue weighted by atomic mass is 32.2. The molecule has 106 valence electrons. The third-order valence-electron chi connectivity index (χ3n) is 3.10. The summed E-state index contributed by atoms with van der Waals surface area (Å²) in [5, 5.41) is 13.7. The number of hydrogen-bond acceptors (Lipinski definition) is 4. The van der Waals surface area contributed by atoms with Gasteiger partial charge in [-0.05, 0) is 25.0 Å². The number of amides is 1. The second kappa shape index (κ2) is 7.50. The normalized spacial score (nSPS) is 14.2. The lowest BCUT2D eigenvalue weighted by Gasteiger charge is -2.27. The molecule has 0 unspecified atom stereocenters. The molecule has 1 aromatic rings. The Kier molecular flexibility index (Phi) is 6.31. The number of rotatable bonds is 7. The van der Waals surface area contributed by atoms with Crippen LogP contribution in [0.5, 0.6) is 0 Å². The Morgan fingerprint density at radius 1 is 1.53 bits per heavy atom. The van der Waals surface area contributed by atoms with E-state index in [-0.39, 0.29) is 18.4 Å². The van der Waals surface area contributed by atoms with E-state index in [1.54, 1.807) is 24.9 Å². The number of nitrogens with zero attached hydrogens (tertiary/aromatic N) is 1. The third-order valence-corrected chi connectivity index (χ3v) is 4.05. The molecule has 0 aliphatic carbocycles. The van der Waals surface area contributed by atoms with Gasteiger partial charge < -0.3 is 10.4 Å². The number of thioether (sulfide) groups is 1. The molecule has 1 amide bonds. The summed E-state index contributed by atoms with van der Waals surface area (Å²) in [4.78, 5) is 15.8. The molecule has 0 radical (unpaired) electrons. The molecular weight excluding hydrogens is 260 g/mol. The summed E-state index contributed by atoms with van der Waals surface area (Å²) in [6.07, 6.45) is 2.16. The summed E-state index contributed by atoms with van der Waals surface area (Å²) in [5.41, 5.74) is -0.857. The van der Waals surface area contributed by atoms with Crippen LogP contribution in [0, 0.1) is 5.92 Å². The lowest BCUT2D eigenvalue weighted by atomic mass is 9.92. The molecule has 2 N–H and O–H groups in total. The average Bonchev–Trinajstić information content (AvgIpc) is 2.37. The largest absolute Gasteiger partial charge is 0.388 e. The fourth-order valence-electron chi connectivity index (χ4n) is 1.25. The molecule has 1 aromatic heterocycles. The molecule has 0 saturated carbocycles. The fourth-order valence-corrected chi connectivity index (χ4v) is 2.06. The van der Waals surface area contributed by atoms with E-state index in [9.17, 15) is 9.90 Å². The van der Waals surface area contributed by atoms with Gasteiger partial charge in [0.1, 0.15) is 0 Å². The average molecular weight is 282 g/mol. The lowest BCUT2D eigenvalue weighted by Crippen LogP contribution is -2.44. The number of carbonyl (C=O) groups is 1. The molecule has 0 spiro atoms. The summed E-state index contributed by atoms with van der Waals surface area (Å²) in [7, 11) is 0. The van der Waals surface area contributed by atoms with Crippen molar-refractivity contribution in [3.8, 4) is 0 Å². The highest BCUT2D eigenvalue weighted by Gasteiger charge is 2.25. The molecular formula is C14H22N2O2S. The Morgan fingerprint density at radius 3 is 2.84 bits per heavy atom. The topological polar surface area (TPSA) is 62.2 Å². The minimum absolute atomic E-state index is 0.0376. The molecule has 1 atom stereocenters. The molecule has 0 aromatic carbocycles. The Morgan fingerprint density at radius 2 is 2.26 bits per heavy atom. The number of hydrogen-bond donors (Lipinski definition) is 2. The van der Waals surface area contributed by atoms with E-state index >= 15 is 0 Å². The number of aliphatic hydroxyl groups is 1. The molecule has 19 heavy (non-hydrogen) atoms. The van der Waals surface area contributed by atoms with Crippen molar-refractivity contribution in [1.29, 1.82) is 0 Å². The Hall–Kier alpha value is -1.07. The first-order valence-electron chi connectivity index (χ1n) is 6.45. The summed E-state index contributed by atoms with van der Waals surface area (Å²) in [6, 6.07) is 5.71. The van der Waals surface area contributed by atoms with Crippen LogP contribution in [0.4, 0.5) is 0 Å². The second-order valence-electron chi connectivity index (χ2n) is 5.06. The lowest BCUT2D eigenvalue weighted by molar-refractivity contribution is -0.122. The minimum Gasteiger partial charge on any atom is -0.388 e. The van der Waals surface area contributed by atoms with Gasteiger partial charge in [0.25, 0.3) is 0 Å². The van der Waals surface area contributed by atoms with Crippen LogP contribution in [-0.4, -0.2) is 33.9 Å². The van der Waals surface area contributed by atoms with E-state index in [1.165, 1.54) is 0 Å². The third kappa shape index (κ3) is 6.07. The van der Waals surface area contributed by atoms with Crippen LogP contribution >= 0.6 is 11.8 Å². The van der Waals surface area contributed by atoms with Gasteiger partial charge in [0, 0.05) is 24.9 Å². The van der Waals surface area contributed by atoms with E-state index in [4.69, 9.17) is 0 Å². The van der Waals surface area contributed by atoms with Crippen molar-refractivity contribution >= 4 is 17.7 Å². The summed E-state index contributed by atoms with van der Waals surface area (Å²) in [6.45, 7) is 5.89. The van der Waals surface area contributed by atoms with Crippen LogP contribution in [0.2, 0.25) is 0 Å². The predicted molar refractivity (Wildman–Crippen MR) is 78.0 cm³/mol. The van der Waals surface area contributed by atoms with Crippen LogP contribution in [-0.2, 0) is 4.79 Å². The van der Waals surface area contributed by atoms with Gasteiger partial charge in [0.05, 0.1) is 10.6 Å².